The Balaban J connectivity index is 2.15. The van der Waals surface area contributed by atoms with Crippen LogP contribution in [0.3, 0.4) is 0 Å². The molecule has 0 aliphatic carbocycles. The average molecular weight is 324 g/mol. The van der Waals surface area contributed by atoms with Gasteiger partial charge in [-0.2, -0.15) is 0 Å². The molecule has 2 aromatic rings. The number of ether oxygens (including phenoxy) is 1. The first-order valence-corrected chi connectivity index (χ1v) is 6.78. The zero-order valence-electron chi connectivity index (χ0n) is 10.6. The Morgan fingerprint density at radius 3 is 2.74 bits per heavy atom. The van der Waals surface area contributed by atoms with Gasteiger partial charge in [-0.1, -0.05) is 28.1 Å². The van der Waals surface area contributed by atoms with E-state index in [1.54, 1.807) is 13.0 Å². The van der Waals surface area contributed by atoms with Gasteiger partial charge in [0.2, 0.25) is 0 Å². The van der Waals surface area contributed by atoms with Crippen LogP contribution in [0.5, 0.6) is 5.75 Å². The van der Waals surface area contributed by atoms with Gasteiger partial charge in [-0.15, -0.1) is 0 Å². The highest BCUT2D eigenvalue weighted by Gasteiger charge is 2.09. The first-order chi connectivity index (χ1) is 9.06. The van der Waals surface area contributed by atoms with Crippen LogP contribution in [0.1, 0.15) is 24.1 Å². The minimum atomic E-state index is -0.304. The Hall–Kier alpha value is -1.39. The summed E-state index contributed by atoms with van der Waals surface area (Å²) in [6.07, 6.45) is 0. The molecule has 1 atom stereocenters. The molecule has 0 heterocycles. The standard InChI is InChI=1S/C15H15BrFNO/c1-10(18)14-8-13(17)5-6-15(14)19-9-11-3-2-4-12(16)7-11/h2-8,10H,9,18H2,1H3/t10-/m0/s1. The van der Waals surface area contributed by atoms with E-state index in [0.29, 0.717) is 17.9 Å². The Morgan fingerprint density at radius 1 is 1.26 bits per heavy atom. The lowest BCUT2D eigenvalue weighted by molar-refractivity contribution is 0.301. The lowest BCUT2D eigenvalue weighted by atomic mass is 10.1. The molecule has 0 aliphatic rings. The molecule has 0 radical (unpaired) electrons. The molecule has 0 bridgehead atoms. The summed E-state index contributed by atoms with van der Waals surface area (Å²) in [5, 5.41) is 0. The molecule has 0 aliphatic heterocycles. The minimum absolute atomic E-state index is 0.270. The maximum atomic E-state index is 13.2. The molecule has 2 nitrogen and oxygen atoms in total. The van der Waals surface area contributed by atoms with E-state index in [-0.39, 0.29) is 11.9 Å². The van der Waals surface area contributed by atoms with E-state index in [1.807, 2.05) is 24.3 Å². The van der Waals surface area contributed by atoms with E-state index in [1.165, 1.54) is 12.1 Å². The van der Waals surface area contributed by atoms with Gasteiger partial charge in [0.05, 0.1) is 0 Å². The zero-order valence-corrected chi connectivity index (χ0v) is 12.2. The second kappa shape index (κ2) is 6.17. The molecule has 0 unspecified atom stereocenters. The third-order valence-electron chi connectivity index (χ3n) is 2.75. The second-order valence-corrected chi connectivity index (χ2v) is 5.31. The first-order valence-electron chi connectivity index (χ1n) is 5.98. The molecule has 0 saturated heterocycles. The van der Waals surface area contributed by atoms with Crippen molar-refractivity contribution in [1.82, 2.24) is 0 Å². The van der Waals surface area contributed by atoms with Gasteiger partial charge >= 0.3 is 0 Å². The highest BCUT2D eigenvalue weighted by molar-refractivity contribution is 9.10. The highest BCUT2D eigenvalue weighted by atomic mass is 79.9. The van der Waals surface area contributed by atoms with E-state index in [2.05, 4.69) is 15.9 Å². The topological polar surface area (TPSA) is 35.2 Å². The summed E-state index contributed by atoms with van der Waals surface area (Å²) >= 11 is 3.41. The van der Waals surface area contributed by atoms with Crippen molar-refractivity contribution in [2.24, 2.45) is 5.73 Å². The van der Waals surface area contributed by atoms with E-state index >= 15 is 0 Å². The van der Waals surface area contributed by atoms with Crippen LogP contribution < -0.4 is 10.5 Å². The molecule has 2 N–H and O–H groups in total. The molecule has 0 amide bonds. The van der Waals surface area contributed by atoms with Gasteiger partial charge in [0.1, 0.15) is 18.2 Å². The lowest BCUT2D eigenvalue weighted by Gasteiger charge is -2.14. The van der Waals surface area contributed by atoms with Crippen molar-refractivity contribution in [3.8, 4) is 5.75 Å². The number of rotatable bonds is 4. The maximum Gasteiger partial charge on any atom is 0.124 e. The largest absolute Gasteiger partial charge is 0.489 e. The molecule has 0 saturated carbocycles. The Morgan fingerprint density at radius 2 is 2.05 bits per heavy atom. The molecular formula is C15H15BrFNO. The quantitative estimate of drug-likeness (QED) is 0.915. The van der Waals surface area contributed by atoms with Gasteiger partial charge in [0, 0.05) is 16.1 Å². The van der Waals surface area contributed by atoms with Crippen molar-refractivity contribution in [1.29, 1.82) is 0 Å². The molecule has 2 rings (SSSR count). The Bertz CT molecular complexity index is 572. The predicted octanol–water partition coefficient (Wildman–Crippen LogP) is 4.19. The van der Waals surface area contributed by atoms with Gasteiger partial charge in [-0.25, -0.2) is 4.39 Å². The van der Waals surface area contributed by atoms with Gasteiger partial charge in [0.25, 0.3) is 0 Å². The van der Waals surface area contributed by atoms with E-state index < -0.39 is 0 Å². The molecule has 2 aromatic carbocycles. The van der Waals surface area contributed by atoms with Crippen LogP contribution in [0.25, 0.3) is 0 Å². The summed E-state index contributed by atoms with van der Waals surface area (Å²) in [5.74, 6) is 0.318. The third kappa shape index (κ3) is 3.78. The van der Waals surface area contributed by atoms with E-state index in [9.17, 15) is 4.39 Å². The summed E-state index contributed by atoms with van der Waals surface area (Å²) < 4.78 is 19.9. The lowest BCUT2D eigenvalue weighted by Crippen LogP contribution is -2.08. The summed E-state index contributed by atoms with van der Waals surface area (Å²) in [6.45, 7) is 2.23. The van der Waals surface area contributed by atoms with Crippen molar-refractivity contribution in [2.45, 2.75) is 19.6 Å². The van der Waals surface area contributed by atoms with Crippen LogP contribution in [0, 0.1) is 5.82 Å². The van der Waals surface area contributed by atoms with E-state index in [0.717, 1.165) is 10.0 Å². The van der Waals surface area contributed by atoms with Crippen LogP contribution >= 0.6 is 15.9 Å². The summed E-state index contributed by atoms with van der Waals surface area (Å²) in [7, 11) is 0. The van der Waals surface area contributed by atoms with Crippen LogP contribution in [-0.4, -0.2) is 0 Å². The molecule has 0 aromatic heterocycles. The van der Waals surface area contributed by atoms with Crippen molar-refractivity contribution in [3.05, 3.63) is 63.9 Å². The average Bonchev–Trinajstić information content (AvgIpc) is 2.37. The molecule has 19 heavy (non-hydrogen) atoms. The van der Waals surface area contributed by atoms with Crippen molar-refractivity contribution in [2.75, 3.05) is 0 Å². The van der Waals surface area contributed by atoms with Crippen LogP contribution in [0.4, 0.5) is 4.39 Å². The fourth-order valence-electron chi connectivity index (χ4n) is 1.79. The number of hydrogen-bond donors (Lipinski definition) is 1. The SMILES string of the molecule is C[C@H](N)c1cc(F)ccc1OCc1cccc(Br)c1. The third-order valence-corrected chi connectivity index (χ3v) is 3.24. The molecule has 0 spiro atoms. The predicted molar refractivity (Wildman–Crippen MR) is 77.5 cm³/mol. The Kier molecular flexibility index (Phi) is 4.56. The summed E-state index contributed by atoms with van der Waals surface area (Å²) in [6, 6.07) is 12.0. The highest BCUT2D eigenvalue weighted by Crippen LogP contribution is 2.25. The van der Waals surface area contributed by atoms with Crippen molar-refractivity contribution >= 4 is 15.9 Å². The Labute approximate surface area is 120 Å². The number of benzene rings is 2. The van der Waals surface area contributed by atoms with E-state index in [4.69, 9.17) is 10.5 Å². The van der Waals surface area contributed by atoms with Gasteiger partial charge < -0.3 is 10.5 Å². The van der Waals surface area contributed by atoms with Gasteiger partial charge in [0.15, 0.2) is 0 Å². The van der Waals surface area contributed by atoms with Crippen molar-refractivity contribution < 1.29 is 9.13 Å². The van der Waals surface area contributed by atoms with Gasteiger partial charge in [-0.05, 0) is 42.8 Å². The molecule has 0 fully saturated rings. The number of nitrogens with two attached hydrogens (primary N) is 1. The fourth-order valence-corrected chi connectivity index (χ4v) is 2.24. The summed E-state index contributed by atoms with van der Waals surface area (Å²) in [4.78, 5) is 0. The van der Waals surface area contributed by atoms with Gasteiger partial charge in [-0.3, -0.25) is 0 Å². The van der Waals surface area contributed by atoms with Crippen molar-refractivity contribution in [3.63, 3.8) is 0 Å². The summed E-state index contributed by atoms with van der Waals surface area (Å²) in [5.41, 5.74) is 7.53. The van der Waals surface area contributed by atoms with Crippen LogP contribution in [0.2, 0.25) is 0 Å². The fraction of sp³-hybridized carbons (Fsp3) is 0.200. The normalized spacial score (nSPS) is 12.2. The minimum Gasteiger partial charge on any atom is -0.489 e. The van der Waals surface area contributed by atoms with Crippen LogP contribution in [0.15, 0.2) is 46.9 Å². The zero-order chi connectivity index (χ0) is 13.8. The monoisotopic (exact) mass is 323 g/mol. The smallest absolute Gasteiger partial charge is 0.124 e. The molecule has 100 valence electrons. The van der Waals surface area contributed by atoms with Crippen LogP contribution in [-0.2, 0) is 6.61 Å². The molecule has 4 heteroatoms. The molecular weight excluding hydrogens is 309 g/mol. The number of hydrogen-bond acceptors (Lipinski definition) is 2. The second-order valence-electron chi connectivity index (χ2n) is 4.39. The maximum absolute atomic E-state index is 13.2. The first kappa shape index (κ1) is 14.0. The number of halogens is 2.